The molecular weight excluding hydrogens is 268 g/mol. The quantitative estimate of drug-likeness (QED) is 0.380. The van der Waals surface area contributed by atoms with Gasteiger partial charge in [0.1, 0.15) is 0 Å². The van der Waals surface area contributed by atoms with Gasteiger partial charge in [-0.1, -0.05) is 58.3 Å². The Bertz CT molecular complexity index is 251. The first-order valence-corrected chi connectivity index (χ1v) is 8.50. The van der Waals surface area contributed by atoms with Crippen LogP contribution in [0.5, 0.6) is 0 Å². The fourth-order valence-corrected chi connectivity index (χ4v) is 2.12. The summed E-state index contributed by atoms with van der Waals surface area (Å²) < 4.78 is 5.04. The zero-order valence-corrected chi connectivity index (χ0v) is 13.9. The van der Waals surface area contributed by atoms with E-state index in [4.69, 9.17) is 9.84 Å². The molecule has 0 heterocycles. The van der Waals surface area contributed by atoms with Crippen LogP contribution < -0.4 is 0 Å². The average Bonchev–Trinajstić information content (AvgIpc) is 2.45. The van der Waals surface area contributed by atoms with E-state index in [9.17, 15) is 9.90 Å². The van der Waals surface area contributed by atoms with Crippen molar-refractivity contribution in [1.82, 2.24) is 0 Å². The van der Waals surface area contributed by atoms with Crippen LogP contribution in [0.25, 0.3) is 0 Å². The molecule has 126 valence electrons. The number of aliphatic hydroxyl groups excluding tert-OH is 1. The van der Waals surface area contributed by atoms with Crippen molar-refractivity contribution in [1.29, 1.82) is 0 Å². The predicted octanol–water partition coefficient (Wildman–Crippen LogP) is 3.58. The van der Waals surface area contributed by atoms with Crippen LogP contribution in [0.3, 0.4) is 0 Å². The van der Waals surface area contributed by atoms with Crippen LogP contribution in [-0.4, -0.2) is 35.0 Å². The maximum Gasteiger partial charge on any atom is 0.305 e. The normalized spacial score (nSPS) is 13.9. The monoisotopic (exact) mass is 302 g/mol. The van der Waals surface area contributed by atoms with Gasteiger partial charge in [0.05, 0.1) is 18.8 Å². The summed E-state index contributed by atoms with van der Waals surface area (Å²) in [6.45, 7) is 3.61. The van der Waals surface area contributed by atoms with Crippen LogP contribution >= 0.6 is 0 Å². The van der Waals surface area contributed by atoms with Crippen LogP contribution in [0.2, 0.25) is 0 Å². The second-order valence-corrected chi connectivity index (χ2v) is 6.20. The number of hydrogen-bond acceptors (Lipinski definition) is 4. The summed E-state index contributed by atoms with van der Waals surface area (Å²) in [5.41, 5.74) is -1.15. The molecule has 0 spiro atoms. The highest BCUT2D eigenvalue weighted by atomic mass is 16.5. The molecule has 0 amide bonds. The van der Waals surface area contributed by atoms with Crippen LogP contribution in [0.1, 0.15) is 84.5 Å². The highest BCUT2D eigenvalue weighted by molar-refractivity contribution is 5.69. The zero-order chi connectivity index (χ0) is 16.0. The van der Waals surface area contributed by atoms with Gasteiger partial charge in [0.2, 0.25) is 0 Å². The van der Waals surface area contributed by atoms with E-state index in [2.05, 4.69) is 6.92 Å². The lowest BCUT2D eigenvalue weighted by molar-refractivity contribution is -0.145. The van der Waals surface area contributed by atoms with Crippen molar-refractivity contribution in [3.05, 3.63) is 0 Å². The van der Waals surface area contributed by atoms with E-state index in [0.717, 1.165) is 12.8 Å². The fraction of sp³-hybridized carbons (Fsp3) is 0.941. The topological polar surface area (TPSA) is 66.8 Å². The van der Waals surface area contributed by atoms with Gasteiger partial charge in [0.15, 0.2) is 0 Å². The van der Waals surface area contributed by atoms with Gasteiger partial charge in [-0.25, -0.2) is 0 Å². The summed E-state index contributed by atoms with van der Waals surface area (Å²) in [4.78, 5) is 11.5. The van der Waals surface area contributed by atoms with E-state index in [0.29, 0.717) is 6.42 Å². The third-order valence-electron chi connectivity index (χ3n) is 3.73. The molecule has 0 aromatic carbocycles. The van der Waals surface area contributed by atoms with Gasteiger partial charge in [-0.15, -0.1) is 0 Å². The molecule has 0 aliphatic heterocycles. The lowest BCUT2D eigenvalue weighted by atomic mass is 10.1. The highest BCUT2D eigenvalue weighted by Gasteiger charge is 2.19. The molecular formula is C17H34O4. The number of hydrogen-bond donors (Lipinski definition) is 2. The Balaban J connectivity index is 3.31. The van der Waals surface area contributed by atoms with Gasteiger partial charge in [-0.3, -0.25) is 4.79 Å². The minimum atomic E-state index is -1.15. The van der Waals surface area contributed by atoms with Gasteiger partial charge in [-0.2, -0.15) is 0 Å². The Hall–Kier alpha value is -0.610. The Morgan fingerprint density at radius 1 is 1.00 bits per heavy atom. The van der Waals surface area contributed by atoms with E-state index >= 15 is 0 Å². The van der Waals surface area contributed by atoms with Crippen LogP contribution in [0.4, 0.5) is 0 Å². The summed E-state index contributed by atoms with van der Waals surface area (Å²) in [6, 6.07) is 0. The minimum absolute atomic E-state index is 0.170. The van der Waals surface area contributed by atoms with Crippen molar-refractivity contribution in [2.75, 3.05) is 13.2 Å². The fourth-order valence-electron chi connectivity index (χ4n) is 2.12. The summed E-state index contributed by atoms with van der Waals surface area (Å²) >= 11 is 0. The van der Waals surface area contributed by atoms with E-state index in [1.165, 1.54) is 51.9 Å². The van der Waals surface area contributed by atoms with E-state index < -0.39 is 5.60 Å². The molecule has 0 saturated heterocycles. The SMILES string of the molecule is CCCCCCCCCCCC(=O)OCCC(C)(O)CO. The molecule has 0 bridgehead atoms. The van der Waals surface area contributed by atoms with Gasteiger partial charge in [-0.05, 0) is 13.3 Å². The molecule has 0 aromatic rings. The second kappa shape index (κ2) is 13.1. The van der Waals surface area contributed by atoms with E-state index in [-0.39, 0.29) is 25.6 Å². The smallest absolute Gasteiger partial charge is 0.305 e. The third kappa shape index (κ3) is 14.1. The molecule has 0 radical (unpaired) electrons. The van der Waals surface area contributed by atoms with Gasteiger partial charge >= 0.3 is 5.97 Å². The third-order valence-corrected chi connectivity index (χ3v) is 3.73. The highest BCUT2D eigenvalue weighted by Crippen LogP contribution is 2.11. The lowest BCUT2D eigenvalue weighted by Crippen LogP contribution is -2.30. The molecule has 4 heteroatoms. The summed E-state index contributed by atoms with van der Waals surface area (Å²) in [5.74, 6) is -0.202. The standard InChI is InChI=1S/C17H34O4/c1-3-4-5-6-7-8-9-10-11-12-16(19)21-14-13-17(2,20)15-18/h18,20H,3-15H2,1-2H3. The molecule has 0 aromatic heterocycles. The van der Waals surface area contributed by atoms with E-state index in [1.807, 2.05) is 0 Å². The average molecular weight is 302 g/mol. The maximum absolute atomic E-state index is 11.5. The Kier molecular flexibility index (Phi) is 12.7. The molecule has 0 aliphatic carbocycles. The van der Waals surface area contributed by atoms with Crippen LogP contribution in [0.15, 0.2) is 0 Å². The van der Waals surface area contributed by atoms with Crippen molar-refractivity contribution in [2.24, 2.45) is 0 Å². The van der Waals surface area contributed by atoms with Crippen LogP contribution in [0, 0.1) is 0 Å². The minimum Gasteiger partial charge on any atom is -0.466 e. The molecule has 1 atom stereocenters. The predicted molar refractivity (Wildman–Crippen MR) is 85.1 cm³/mol. The number of carbonyl (C=O) groups is 1. The Labute approximate surface area is 129 Å². The van der Waals surface area contributed by atoms with Crippen molar-refractivity contribution in [3.63, 3.8) is 0 Å². The Morgan fingerprint density at radius 2 is 1.52 bits per heavy atom. The lowest BCUT2D eigenvalue weighted by Gasteiger charge is -2.19. The Morgan fingerprint density at radius 3 is 2.05 bits per heavy atom. The first-order chi connectivity index (χ1) is 10.0. The van der Waals surface area contributed by atoms with Crippen molar-refractivity contribution >= 4 is 5.97 Å². The first-order valence-electron chi connectivity index (χ1n) is 8.50. The number of unbranched alkanes of at least 4 members (excludes halogenated alkanes) is 8. The van der Waals surface area contributed by atoms with Crippen molar-refractivity contribution in [2.45, 2.75) is 90.1 Å². The van der Waals surface area contributed by atoms with Crippen LogP contribution in [-0.2, 0) is 9.53 Å². The number of carbonyl (C=O) groups excluding carboxylic acids is 1. The maximum atomic E-state index is 11.5. The molecule has 0 fully saturated rings. The van der Waals surface area contributed by atoms with Gasteiger partial charge in [0, 0.05) is 12.8 Å². The number of esters is 1. The van der Waals surface area contributed by atoms with Gasteiger partial charge < -0.3 is 14.9 Å². The summed E-state index contributed by atoms with van der Waals surface area (Å²) in [5, 5.41) is 18.4. The van der Waals surface area contributed by atoms with Crippen molar-refractivity contribution in [3.8, 4) is 0 Å². The van der Waals surface area contributed by atoms with E-state index in [1.54, 1.807) is 0 Å². The largest absolute Gasteiger partial charge is 0.466 e. The zero-order valence-electron chi connectivity index (χ0n) is 13.9. The first kappa shape index (κ1) is 20.4. The molecule has 2 N–H and O–H groups in total. The summed E-state index contributed by atoms with van der Waals surface area (Å²) in [7, 11) is 0. The molecule has 0 aliphatic rings. The van der Waals surface area contributed by atoms with Gasteiger partial charge in [0.25, 0.3) is 0 Å². The number of aliphatic hydroxyl groups is 2. The number of rotatable bonds is 14. The molecule has 1 unspecified atom stereocenters. The summed E-state index contributed by atoms with van der Waals surface area (Å²) in [6.07, 6.45) is 11.8. The molecule has 0 rings (SSSR count). The number of ether oxygens (including phenoxy) is 1. The molecule has 0 saturated carbocycles. The second-order valence-electron chi connectivity index (χ2n) is 6.20. The van der Waals surface area contributed by atoms with Crippen molar-refractivity contribution < 1.29 is 19.7 Å². The molecule has 4 nitrogen and oxygen atoms in total. The molecule has 21 heavy (non-hydrogen) atoms.